The van der Waals surface area contributed by atoms with Crippen LogP contribution in [0.3, 0.4) is 0 Å². The molecule has 0 aliphatic heterocycles. The van der Waals surface area contributed by atoms with Crippen LogP contribution >= 0.6 is 23.5 Å². The molecule has 0 fully saturated rings. The van der Waals surface area contributed by atoms with Gasteiger partial charge in [0.25, 0.3) is 0 Å². The fraction of sp³-hybridized carbons (Fsp3) is 0.222. The summed E-state index contributed by atoms with van der Waals surface area (Å²) in [6.07, 6.45) is 2.03. The predicted molar refractivity (Wildman–Crippen MR) is 103 cm³/mol. The SMILES string of the molecule is CSc1ccccc1NCCNC(=O)CSC(=O)c1ccccc1. The number of benzene rings is 2. The van der Waals surface area contributed by atoms with Gasteiger partial charge in [-0.1, -0.05) is 54.2 Å². The van der Waals surface area contributed by atoms with Crippen molar-refractivity contribution in [1.29, 1.82) is 0 Å². The summed E-state index contributed by atoms with van der Waals surface area (Å²) in [4.78, 5) is 24.9. The van der Waals surface area contributed by atoms with Gasteiger partial charge in [-0.3, -0.25) is 9.59 Å². The van der Waals surface area contributed by atoms with E-state index < -0.39 is 0 Å². The van der Waals surface area contributed by atoms with Gasteiger partial charge in [-0.2, -0.15) is 0 Å². The number of carbonyl (C=O) groups is 2. The monoisotopic (exact) mass is 360 g/mol. The zero-order valence-electron chi connectivity index (χ0n) is 13.5. The predicted octanol–water partition coefficient (Wildman–Crippen LogP) is 3.51. The molecule has 1 amide bonds. The summed E-state index contributed by atoms with van der Waals surface area (Å²) >= 11 is 2.70. The smallest absolute Gasteiger partial charge is 0.230 e. The lowest BCUT2D eigenvalue weighted by Gasteiger charge is -2.10. The van der Waals surface area contributed by atoms with Gasteiger partial charge in [0, 0.05) is 29.2 Å². The van der Waals surface area contributed by atoms with Crippen molar-refractivity contribution in [2.24, 2.45) is 0 Å². The van der Waals surface area contributed by atoms with E-state index >= 15 is 0 Å². The minimum absolute atomic E-state index is 0.0854. The molecular weight excluding hydrogens is 340 g/mol. The first-order valence-electron chi connectivity index (χ1n) is 7.56. The number of hydrogen-bond acceptors (Lipinski definition) is 5. The minimum atomic E-state index is -0.135. The number of anilines is 1. The second kappa shape index (κ2) is 10.1. The minimum Gasteiger partial charge on any atom is -0.382 e. The molecule has 0 spiro atoms. The molecule has 0 aromatic heterocycles. The summed E-state index contributed by atoms with van der Waals surface area (Å²) < 4.78 is 0. The lowest BCUT2D eigenvalue weighted by Crippen LogP contribution is -2.30. The number of nitrogens with one attached hydrogen (secondary N) is 2. The maximum absolute atomic E-state index is 11.9. The van der Waals surface area contributed by atoms with Crippen molar-refractivity contribution in [1.82, 2.24) is 5.32 Å². The van der Waals surface area contributed by atoms with E-state index in [-0.39, 0.29) is 16.8 Å². The molecular formula is C18H20N2O2S2. The summed E-state index contributed by atoms with van der Waals surface area (Å²) in [6, 6.07) is 17.0. The van der Waals surface area contributed by atoms with Gasteiger partial charge in [-0.15, -0.1) is 11.8 Å². The van der Waals surface area contributed by atoms with Gasteiger partial charge >= 0.3 is 0 Å². The van der Waals surface area contributed by atoms with Gasteiger partial charge in [-0.25, -0.2) is 0 Å². The van der Waals surface area contributed by atoms with Crippen LogP contribution in [0.1, 0.15) is 10.4 Å². The Morgan fingerprint density at radius 3 is 2.42 bits per heavy atom. The lowest BCUT2D eigenvalue weighted by molar-refractivity contribution is -0.118. The number of carbonyl (C=O) groups excluding carboxylic acids is 2. The Morgan fingerprint density at radius 1 is 0.958 bits per heavy atom. The quantitative estimate of drug-likeness (QED) is 0.557. The number of thioether (sulfide) groups is 2. The van der Waals surface area contributed by atoms with E-state index in [0.29, 0.717) is 18.7 Å². The van der Waals surface area contributed by atoms with Crippen LogP contribution in [0.25, 0.3) is 0 Å². The van der Waals surface area contributed by atoms with Crippen molar-refractivity contribution < 1.29 is 9.59 Å². The van der Waals surface area contributed by atoms with Crippen LogP contribution < -0.4 is 10.6 Å². The molecule has 0 heterocycles. The van der Waals surface area contributed by atoms with E-state index in [1.54, 1.807) is 23.9 Å². The normalized spacial score (nSPS) is 10.2. The molecule has 0 aliphatic rings. The summed E-state index contributed by atoms with van der Waals surface area (Å²) in [5.41, 5.74) is 1.68. The third kappa shape index (κ3) is 5.94. The molecule has 2 aromatic rings. The van der Waals surface area contributed by atoms with Crippen LogP contribution in [0.4, 0.5) is 5.69 Å². The van der Waals surface area contributed by atoms with Gasteiger partial charge in [0.1, 0.15) is 0 Å². The van der Waals surface area contributed by atoms with Crippen LogP contribution in [-0.4, -0.2) is 36.1 Å². The Labute approximate surface area is 150 Å². The summed E-state index contributed by atoms with van der Waals surface area (Å²) in [5.74, 6) is -0.000916. The zero-order valence-corrected chi connectivity index (χ0v) is 15.1. The van der Waals surface area contributed by atoms with Gasteiger partial charge in [0.05, 0.1) is 5.75 Å². The van der Waals surface area contributed by atoms with Gasteiger partial charge in [-0.05, 0) is 18.4 Å². The molecule has 0 atom stereocenters. The Kier molecular flexibility index (Phi) is 7.71. The second-order valence-electron chi connectivity index (χ2n) is 4.92. The molecule has 0 saturated carbocycles. The Hall–Kier alpha value is -1.92. The molecule has 0 radical (unpaired) electrons. The molecule has 2 rings (SSSR count). The first-order valence-corrected chi connectivity index (χ1v) is 9.77. The fourth-order valence-corrected chi connectivity index (χ4v) is 3.27. The first kappa shape index (κ1) is 18.4. The maximum Gasteiger partial charge on any atom is 0.230 e. The van der Waals surface area contributed by atoms with Gasteiger partial charge < -0.3 is 10.6 Å². The van der Waals surface area contributed by atoms with Gasteiger partial charge in [0.15, 0.2) is 0 Å². The molecule has 126 valence electrons. The highest BCUT2D eigenvalue weighted by atomic mass is 32.2. The summed E-state index contributed by atoms with van der Waals surface area (Å²) in [5, 5.41) is 6.03. The highest BCUT2D eigenvalue weighted by Gasteiger charge is 2.09. The lowest BCUT2D eigenvalue weighted by atomic mass is 10.2. The Balaban J connectivity index is 1.66. The third-order valence-electron chi connectivity index (χ3n) is 3.21. The van der Waals surface area contributed by atoms with Crippen LogP contribution in [0, 0.1) is 0 Å². The van der Waals surface area contributed by atoms with E-state index in [2.05, 4.69) is 16.7 Å². The molecule has 4 nitrogen and oxygen atoms in total. The van der Waals surface area contributed by atoms with Crippen molar-refractivity contribution in [3.63, 3.8) is 0 Å². The average Bonchev–Trinajstić information content (AvgIpc) is 2.64. The van der Waals surface area contributed by atoms with E-state index in [1.807, 2.05) is 42.7 Å². The summed E-state index contributed by atoms with van der Waals surface area (Å²) in [7, 11) is 0. The molecule has 2 aromatic carbocycles. The van der Waals surface area contributed by atoms with E-state index in [1.165, 1.54) is 4.90 Å². The van der Waals surface area contributed by atoms with Crippen molar-refractivity contribution in [2.75, 3.05) is 30.4 Å². The highest BCUT2D eigenvalue weighted by Crippen LogP contribution is 2.24. The molecule has 0 unspecified atom stereocenters. The van der Waals surface area contributed by atoms with Crippen LogP contribution in [0.2, 0.25) is 0 Å². The highest BCUT2D eigenvalue weighted by molar-refractivity contribution is 8.14. The molecule has 0 bridgehead atoms. The van der Waals surface area contributed by atoms with Crippen LogP contribution in [0.5, 0.6) is 0 Å². The Bertz CT molecular complexity index is 678. The van der Waals surface area contributed by atoms with E-state index in [9.17, 15) is 9.59 Å². The van der Waals surface area contributed by atoms with E-state index in [4.69, 9.17) is 0 Å². The number of para-hydroxylation sites is 1. The van der Waals surface area contributed by atoms with Crippen molar-refractivity contribution >= 4 is 40.2 Å². The number of rotatable bonds is 8. The second-order valence-corrected chi connectivity index (χ2v) is 6.72. The first-order chi connectivity index (χ1) is 11.7. The molecule has 0 aliphatic carbocycles. The van der Waals surface area contributed by atoms with Crippen molar-refractivity contribution in [3.05, 3.63) is 60.2 Å². The largest absolute Gasteiger partial charge is 0.382 e. The molecule has 24 heavy (non-hydrogen) atoms. The van der Waals surface area contributed by atoms with Gasteiger partial charge in [0.2, 0.25) is 11.0 Å². The molecule has 0 saturated heterocycles. The summed E-state index contributed by atoms with van der Waals surface area (Å²) in [6.45, 7) is 1.16. The Morgan fingerprint density at radius 2 is 1.67 bits per heavy atom. The fourth-order valence-electron chi connectivity index (χ4n) is 2.03. The molecule has 2 N–H and O–H groups in total. The number of hydrogen-bond donors (Lipinski definition) is 2. The standard InChI is InChI=1S/C18H20N2O2S2/c1-23-16-10-6-5-9-15(16)19-11-12-20-17(21)13-24-18(22)14-7-3-2-4-8-14/h2-10,19H,11-13H2,1H3,(H,20,21). The third-order valence-corrected chi connectivity index (χ3v) is 4.91. The zero-order chi connectivity index (χ0) is 17.2. The van der Waals surface area contributed by atoms with Crippen molar-refractivity contribution in [2.45, 2.75) is 4.90 Å². The van der Waals surface area contributed by atoms with Crippen LogP contribution in [-0.2, 0) is 4.79 Å². The average molecular weight is 361 g/mol. The van der Waals surface area contributed by atoms with E-state index in [0.717, 1.165) is 17.4 Å². The topological polar surface area (TPSA) is 58.2 Å². The van der Waals surface area contributed by atoms with Crippen molar-refractivity contribution in [3.8, 4) is 0 Å². The molecule has 6 heteroatoms. The van der Waals surface area contributed by atoms with Crippen LogP contribution in [0.15, 0.2) is 59.5 Å². The maximum atomic E-state index is 11.9. The number of amides is 1.